The Morgan fingerprint density at radius 1 is 0.727 bits per heavy atom. The Labute approximate surface area is 137 Å². The van der Waals surface area contributed by atoms with E-state index in [9.17, 15) is 9.59 Å². The zero-order valence-corrected chi connectivity index (χ0v) is 16.3. The summed E-state index contributed by atoms with van der Waals surface area (Å²) in [6.07, 6.45) is 2.03. The van der Waals surface area contributed by atoms with Gasteiger partial charge in [-0.15, -0.1) is 0 Å². The van der Waals surface area contributed by atoms with Crippen molar-refractivity contribution in [1.82, 2.24) is 0 Å². The van der Waals surface area contributed by atoms with Crippen LogP contribution in [-0.4, -0.2) is 11.9 Å². The molecule has 1 unspecified atom stereocenters. The molecule has 3 nitrogen and oxygen atoms in total. The average Bonchev–Trinajstić information content (AvgIpc) is 2.22. The zero-order valence-electron chi connectivity index (χ0n) is 16.3. The summed E-state index contributed by atoms with van der Waals surface area (Å²) in [7, 11) is 0. The highest BCUT2D eigenvalue weighted by Crippen LogP contribution is 2.39. The lowest BCUT2D eigenvalue weighted by Crippen LogP contribution is -2.39. The molecule has 0 rings (SSSR count). The van der Waals surface area contributed by atoms with Gasteiger partial charge in [0.2, 0.25) is 0 Å². The third-order valence-electron chi connectivity index (χ3n) is 3.90. The van der Waals surface area contributed by atoms with Crippen molar-refractivity contribution in [3.05, 3.63) is 0 Å². The number of carbonyl (C=O) groups excluding carboxylic acids is 2. The molecule has 0 heterocycles. The van der Waals surface area contributed by atoms with Gasteiger partial charge in [0.25, 0.3) is 0 Å². The molecule has 0 aromatic heterocycles. The normalized spacial score (nSPS) is 16.1. The minimum Gasteiger partial charge on any atom is -0.392 e. The summed E-state index contributed by atoms with van der Waals surface area (Å²) in [5.41, 5.74) is -1.27. The van der Waals surface area contributed by atoms with E-state index in [1.54, 1.807) is 0 Å². The molecule has 0 bridgehead atoms. The second-order valence-corrected chi connectivity index (χ2v) is 9.95. The summed E-state index contributed by atoms with van der Waals surface area (Å²) in [6.45, 7) is 20.1. The van der Waals surface area contributed by atoms with Gasteiger partial charge in [-0.3, -0.25) is 9.59 Å². The average molecular weight is 312 g/mol. The van der Waals surface area contributed by atoms with Crippen molar-refractivity contribution in [2.75, 3.05) is 0 Å². The van der Waals surface area contributed by atoms with Crippen molar-refractivity contribution in [1.29, 1.82) is 0 Å². The molecule has 1 atom stereocenters. The molecule has 0 aliphatic carbocycles. The summed E-state index contributed by atoms with van der Waals surface area (Å²) in [5.74, 6) is -0.807. The molecule has 0 radical (unpaired) electrons. The lowest BCUT2D eigenvalue weighted by molar-refractivity contribution is -0.175. The van der Waals surface area contributed by atoms with Crippen LogP contribution < -0.4 is 0 Å². The Hall–Kier alpha value is -0.860. The Bertz CT molecular complexity index is 407. The van der Waals surface area contributed by atoms with Crippen LogP contribution >= 0.6 is 0 Å². The van der Waals surface area contributed by atoms with Gasteiger partial charge in [0.05, 0.1) is 10.8 Å². The van der Waals surface area contributed by atoms with Gasteiger partial charge >= 0.3 is 11.9 Å². The molecule has 0 saturated carbocycles. The van der Waals surface area contributed by atoms with Crippen LogP contribution in [0.5, 0.6) is 0 Å². The molecule has 22 heavy (non-hydrogen) atoms. The highest BCUT2D eigenvalue weighted by molar-refractivity contribution is 5.91. The maximum Gasteiger partial charge on any atom is 0.319 e. The molecule has 0 aliphatic rings. The van der Waals surface area contributed by atoms with Crippen LogP contribution in [0.25, 0.3) is 0 Å². The largest absolute Gasteiger partial charge is 0.392 e. The van der Waals surface area contributed by atoms with Crippen molar-refractivity contribution in [3.63, 3.8) is 0 Å². The van der Waals surface area contributed by atoms with Gasteiger partial charge in [-0.05, 0) is 50.9 Å². The number of hydrogen-bond donors (Lipinski definition) is 0. The van der Waals surface area contributed by atoms with Gasteiger partial charge in [0.1, 0.15) is 0 Å². The molecule has 0 spiro atoms. The predicted octanol–water partition coefficient (Wildman–Crippen LogP) is 5.37. The van der Waals surface area contributed by atoms with Crippen LogP contribution in [0, 0.1) is 21.7 Å². The number of esters is 2. The Balaban J connectivity index is 5.06. The summed E-state index contributed by atoms with van der Waals surface area (Å²) in [4.78, 5) is 25.0. The molecule has 0 saturated heterocycles. The fourth-order valence-electron chi connectivity index (χ4n) is 3.26. The SMILES string of the molecule is CCC(C)(CC(C)(C)C)C(=O)OC(=O)C(C)(C)CC(C)(C)C. The molecule has 0 aliphatic heterocycles. The maximum absolute atomic E-state index is 12.6. The van der Waals surface area contributed by atoms with E-state index in [0.29, 0.717) is 19.3 Å². The first-order valence-electron chi connectivity index (χ1n) is 8.29. The van der Waals surface area contributed by atoms with E-state index in [1.165, 1.54) is 0 Å². The predicted molar refractivity (Wildman–Crippen MR) is 91.4 cm³/mol. The van der Waals surface area contributed by atoms with Gasteiger partial charge in [-0.25, -0.2) is 0 Å². The van der Waals surface area contributed by atoms with Crippen LogP contribution in [0.15, 0.2) is 0 Å². The van der Waals surface area contributed by atoms with Crippen LogP contribution in [0.3, 0.4) is 0 Å². The smallest absolute Gasteiger partial charge is 0.319 e. The van der Waals surface area contributed by atoms with Crippen LogP contribution in [0.2, 0.25) is 0 Å². The van der Waals surface area contributed by atoms with Gasteiger partial charge < -0.3 is 4.74 Å². The van der Waals surface area contributed by atoms with Crippen molar-refractivity contribution in [2.45, 2.75) is 88.5 Å². The van der Waals surface area contributed by atoms with Crippen molar-refractivity contribution in [3.8, 4) is 0 Å². The minimum atomic E-state index is -0.662. The molecular weight excluding hydrogens is 276 g/mol. The highest BCUT2D eigenvalue weighted by Gasteiger charge is 2.41. The third kappa shape index (κ3) is 6.93. The van der Waals surface area contributed by atoms with E-state index in [-0.39, 0.29) is 10.8 Å². The van der Waals surface area contributed by atoms with Crippen molar-refractivity contribution < 1.29 is 14.3 Å². The van der Waals surface area contributed by atoms with E-state index in [2.05, 4.69) is 41.5 Å². The Morgan fingerprint density at radius 2 is 1.14 bits per heavy atom. The topological polar surface area (TPSA) is 43.4 Å². The summed E-state index contributed by atoms with van der Waals surface area (Å²) in [5, 5.41) is 0. The van der Waals surface area contributed by atoms with Gasteiger partial charge in [0.15, 0.2) is 0 Å². The molecule has 0 aromatic carbocycles. The third-order valence-corrected chi connectivity index (χ3v) is 3.90. The second-order valence-electron chi connectivity index (χ2n) is 9.95. The monoisotopic (exact) mass is 312 g/mol. The Morgan fingerprint density at radius 3 is 1.45 bits per heavy atom. The van der Waals surface area contributed by atoms with E-state index in [1.807, 2.05) is 27.7 Å². The van der Waals surface area contributed by atoms with E-state index in [4.69, 9.17) is 4.74 Å². The second kappa shape index (κ2) is 6.72. The van der Waals surface area contributed by atoms with Gasteiger partial charge in [-0.1, -0.05) is 48.5 Å². The van der Waals surface area contributed by atoms with E-state index < -0.39 is 22.8 Å². The fourth-order valence-corrected chi connectivity index (χ4v) is 3.26. The molecule has 0 N–H and O–H groups in total. The fraction of sp³-hybridized carbons (Fsp3) is 0.895. The molecule has 0 aromatic rings. The van der Waals surface area contributed by atoms with E-state index >= 15 is 0 Å². The number of rotatable bonds is 5. The van der Waals surface area contributed by atoms with Crippen LogP contribution in [0.1, 0.15) is 88.5 Å². The summed E-state index contributed by atoms with van der Waals surface area (Å²) >= 11 is 0. The lowest BCUT2D eigenvalue weighted by atomic mass is 9.73. The lowest BCUT2D eigenvalue weighted by Gasteiger charge is -2.34. The highest BCUT2D eigenvalue weighted by atomic mass is 16.6. The van der Waals surface area contributed by atoms with Crippen molar-refractivity contribution >= 4 is 11.9 Å². The molecule has 3 heteroatoms. The molecule has 0 amide bonds. The summed E-state index contributed by atoms with van der Waals surface area (Å²) in [6, 6.07) is 0. The maximum atomic E-state index is 12.6. The number of ether oxygens (including phenoxy) is 1. The van der Waals surface area contributed by atoms with Gasteiger partial charge in [0, 0.05) is 0 Å². The number of hydrogen-bond acceptors (Lipinski definition) is 3. The zero-order chi connectivity index (χ0) is 18.0. The standard InChI is InChI=1S/C19H36O3/c1-11-19(10,13-17(5,6)7)15(21)22-14(20)18(8,9)12-16(2,3)4/h11-13H2,1-10H3. The molecular formula is C19H36O3. The quantitative estimate of drug-likeness (QED) is 0.506. The molecule has 0 fully saturated rings. The Kier molecular flexibility index (Phi) is 6.46. The van der Waals surface area contributed by atoms with E-state index in [0.717, 1.165) is 0 Å². The first-order chi connectivity index (χ1) is 9.52. The van der Waals surface area contributed by atoms with Crippen molar-refractivity contribution in [2.24, 2.45) is 21.7 Å². The number of carbonyl (C=O) groups is 2. The van der Waals surface area contributed by atoms with Crippen LogP contribution in [-0.2, 0) is 14.3 Å². The first kappa shape index (κ1) is 21.1. The van der Waals surface area contributed by atoms with Gasteiger partial charge in [-0.2, -0.15) is 0 Å². The summed E-state index contributed by atoms with van der Waals surface area (Å²) < 4.78 is 5.29. The first-order valence-corrected chi connectivity index (χ1v) is 8.29. The minimum absolute atomic E-state index is 0.00500. The van der Waals surface area contributed by atoms with Crippen LogP contribution in [0.4, 0.5) is 0 Å². The molecule has 130 valence electrons.